The average Bonchev–Trinajstić information content (AvgIpc) is 2.63. The van der Waals surface area contributed by atoms with E-state index in [4.69, 9.17) is 4.74 Å². The number of rotatable bonds is 1. The van der Waals surface area contributed by atoms with Gasteiger partial charge >= 0.3 is 5.97 Å². The van der Waals surface area contributed by atoms with Gasteiger partial charge in [0.05, 0.1) is 6.10 Å². The van der Waals surface area contributed by atoms with Crippen molar-refractivity contribution in [3.8, 4) is 5.75 Å². The Bertz CT molecular complexity index is 729. The molecule has 1 heterocycles. The van der Waals surface area contributed by atoms with Gasteiger partial charge in [-0.15, -0.1) is 0 Å². The normalized spacial score (nSPS) is 31.9. The zero-order chi connectivity index (χ0) is 20.1. The third-order valence-electron chi connectivity index (χ3n) is 4.71. The van der Waals surface area contributed by atoms with Gasteiger partial charge in [0.25, 0.3) is 0 Å². The smallest absolute Gasteiger partial charge is 0.342 e. The number of aromatic hydroxyl groups is 1. The predicted molar refractivity (Wildman–Crippen MR) is 103 cm³/mol. The Morgan fingerprint density at radius 3 is 2.52 bits per heavy atom. The lowest BCUT2D eigenvalue weighted by atomic mass is 9.99. The molecule has 7 heteroatoms. The van der Waals surface area contributed by atoms with Gasteiger partial charge in [-0.3, -0.25) is 0 Å². The molecule has 1 unspecified atom stereocenters. The number of fused-ring (bicyclic) bond motifs is 1. The Morgan fingerprint density at radius 2 is 1.85 bits per heavy atom. The van der Waals surface area contributed by atoms with Crippen LogP contribution < -0.4 is 5.32 Å². The topological polar surface area (TPSA) is 119 Å². The summed E-state index contributed by atoms with van der Waals surface area (Å²) in [7, 11) is 1.68. The van der Waals surface area contributed by atoms with Crippen LogP contribution in [0.3, 0.4) is 0 Å². The van der Waals surface area contributed by atoms with E-state index < -0.39 is 30.4 Å². The van der Waals surface area contributed by atoms with Gasteiger partial charge in [-0.25, -0.2) is 4.79 Å². The van der Waals surface area contributed by atoms with Crippen LogP contribution in [0.1, 0.15) is 36.2 Å². The first-order valence-electron chi connectivity index (χ1n) is 8.89. The summed E-state index contributed by atoms with van der Waals surface area (Å²) in [5, 5.41) is 43.4. The van der Waals surface area contributed by atoms with E-state index in [0.717, 1.165) is 0 Å². The molecule has 5 atom stereocenters. The van der Waals surface area contributed by atoms with Gasteiger partial charge in [-0.05, 0) is 25.0 Å². The molecule has 1 aliphatic rings. The first-order chi connectivity index (χ1) is 12.7. The lowest BCUT2D eigenvalue weighted by Gasteiger charge is -2.22. The molecule has 1 aliphatic heterocycles. The van der Waals surface area contributed by atoms with E-state index in [0.29, 0.717) is 11.3 Å². The quantitative estimate of drug-likeness (QED) is 0.373. The second kappa shape index (κ2) is 9.03. The fourth-order valence-electron chi connectivity index (χ4n) is 2.74. The number of esters is 1. The number of carbonyl (C=O) groups is 1. The second-order valence-corrected chi connectivity index (χ2v) is 6.75. The van der Waals surface area contributed by atoms with E-state index in [1.807, 2.05) is 0 Å². The van der Waals surface area contributed by atoms with Gasteiger partial charge in [-0.2, -0.15) is 0 Å². The summed E-state index contributed by atoms with van der Waals surface area (Å²) in [5.74, 6) is -1.14. The number of nitrogens with one attached hydrogen (secondary N) is 1. The SMILES string of the molecule is CNc1cc(O)c2c(c1)/C=C/C[C@H](O)[C@H](O)C(O)/C=C\[C@@H](C)[C@H](C)OC2=O. The van der Waals surface area contributed by atoms with Gasteiger partial charge in [-0.1, -0.05) is 31.2 Å². The van der Waals surface area contributed by atoms with Crippen LogP contribution in [0.2, 0.25) is 0 Å². The number of phenolic OH excluding ortho intramolecular Hbond substituents is 1. The summed E-state index contributed by atoms with van der Waals surface area (Å²) in [4.78, 5) is 12.6. The number of hydrogen-bond acceptors (Lipinski definition) is 7. The molecule has 1 aromatic carbocycles. The van der Waals surface area contributed by atoms with Crippen LogP contribution in [-0.4, -0.2) is 57.9 Å². The largest absolute Gasteiger partial charge is 0.507 e. The lowest BCUT2D eigenvalue weighted by molar-refractivity contribution is -0.0395. The van der Waals surface area contributed by atoms with E-state index in [1.54, 1.807) is 45.2 Å². The van der Waals surface area contributed by atoms with Gasteiger partial charge in [0.2, 0.25) is 0 Å². The van der Waals surface area contributed by atoms with Crippen LogP contribution >= 0.6 is 0 Å². The van der Waals surface area contributed by atoms with Crippen LogP contribution in [0.25, 0.3) is 6.08 Å². The van der Waals surface area contributed by atoms with Crippen molar-refractivity contribution in [2.45, 2.75) is 44.7 Å². The zero-order valence-corrected chi connectivity index (χ0v) is 15.7. The fourth-order valence-corrected chi connectivity index (χ4v) is 2.74. The fraction of sp³-hybridized carbons (Fsp3) is 0.450. The van der Waals surface area contributed by atoms with Crippen molar-refractivity contribution in [3.05, 3.63) is 41.5 Å². The van der Waals surface area contributed by atoms with Crippen LogP contribution in [0.15, 0.2) is 30.4 Å². The Balaban J connectivity index is 2.48. The average molecular weight is 377 g/mol. The van der Waals surface area contributed by atoms with Gasteiger partial charge in [0.1, 0.15) is 29.6 Å². The van der Waals surface area contributed by atoms with Gasteiger partial charge in [0, 0.05) is 24.7 Å². The molecule has 2 rings (SSSR count). The summed E-state index contributed by atoms with van der Waals surface area (Å²) < 4.78 is 5.47. The molecule has 0 saturated carbocycles. The molecule has 148 valence electrons. The molecular formula is C20H27NO6. The number of benzene rings is 1. The van der Waals surface area contributed by atoms with Crippen LogP contribution in [-0.2, 0) is 4.74 Å². The molecule has 1 aromatic rings. The Hall–Kier alpha value is -2.35. The molecule has 0 fully saturated rings. The van der Waals surface area contributed by atoms with E-state index in [1.165, 1.54) is 12.1 Å². The molecule has 7 nitrogen and oxygen atoms in total. The van der Waals surface area contributed by atoms with E-state index in [9.17, 15) is 25.2 Å². The number of aliphatic hydroxyl groups excluding tert-OH is 3. The molecule has 0 aromatic heterocycles. The first-order valence-corrected chi connectivity index (χ1v) is 8.89. The molecule has 0 bridgehead atoms. The van der Waals surface area contributed by atoms with Crippen LogP contribution in [0, 0.1) is 5.92 Å². The van der Waals surface area contributed by atoms with Crippen molar-refractivity contribution in [1.82, 2.24) is 0 Å². The zero-order valence-electron chi connectivity index (χ0n) is 15.7. The van der Waals surface area contributed by atoms with E-state index in [2.05, 4.69) is 5.32 Å². The molecule has 0 amide bonds. The van der Waals surface area contributed by atoms with Crippen molar-refractivity contribution in [2.24, 2.45) is 5.92 Å². The van der Waals surface area contributed by atoms with Crippen LogP contribution in [0.4, 0.5) is 5.69 Å². The van der Waals surface area contributed by atoms with Crippen molar-refractivity contribution in [1.29, 1.82) is 0 Å². The van der Waals surface area contributed by atoms with Crippen LogP contribution in [0.5, 0.6) is 5.75 Å². The summed E-state index contributed by atoms with van der Waals surface area (Å²) in [6.07, 6.45) is 1.86. The monoisotopic (exact) mass is 377 g/mol. The van der Waals surface area contributed by atoms with Crippen molar-refractivity contribution < 1.29 is 30.0 Å². The van der Waals surface area contributed by atoms with Crippen molar-refractivity contribution >= 4 is 17.7 Å². The Kier molecular flexibility index (Phi) is 7.01. The molecule has 0 spiro atoms. The maximum atomic E-state index is 12.6. The van der Waals surface area contributed by atoms with Crippen molar-refractivity contribution in [3.63, 3.8) is 0 Å². The number of carbonyl (C=O) groups excluding carboxylic acids is 1. The summed E-state index contributed by atoms with van der Waals surface area (Å²) in [6, 6.07) is 3.10. The summed E-state index contributed by atoms with van der Waals surface area (Å²) in [6.45, 7) is 3.49. The first kappa shape index (κ1) is 21.0. The number of hydrogen-bond donors (Lipinski definition) is 5. The highest BCUT2D eigenvalue weighted by atomic mass is 16.5. The number of anilines is 1. The number of ether oxygens (including phenoxy) is 1. The number of aliphatic hydroxyl groups is 3. The predicted octanol–water partition coefficient (Wildman–Crippen LogP) is 1.67. The maximum absolute atomic E-state index is 12.6. The summed E-state index contributed by atoms with van der Waals surface area (Å²) >= 11 is 0. The Labute approximate surface area is 158 Å². The van der Waals surface area contributed by atoms with Gasteiger partial charge < -0.3 is 30.5 Å². The highest BCUT2D eigenvalue weighted by Gasteiger charge is 2.25. The molecule has 0 radical (unpaired) electrons. The number of cyclic esters (lactones) is 1. The third-order valence-corrected chi connectivity index (χ3v) is 4.71. The standard InChI is InChI=1S/C20H27NO6/c1-11-7-8-16(23)19(25)15(22)6-4-5-13-9-14(21-3)10-17(24)18(13)20(26)27-12(11)2/h4-5,7-12,15-16,19,21-25H,6H2,1-3H3/b5-4+,8-7-/t11-,12+,15+,16?,19+/m1/s1. The minimum Gasteiger partial charge on any atom is -0.507 e. The molecule has 0 aliphatic carbocycles. The lowest BCUT2D eigenvalue weighted by Crippen LogP contribution is -2.36. The molecule has 27 heavy (non-hydrogen) atoms. The highest BCUT2D eigenvalue weighted by molar-refractivity contribution is 5.97. The van der Waals surface area contributed by atoms with E-state index in [-0.39, 0.29) is 23.7 Å². The Morgan fingerprint density at radius 1 is 1.15 bits per heavy atom. The minimum absolute atomic E-state index is 0.0282. The van der Waals surface area contributed by atoms with E-state index >= 15 is 0 Å². The highest BCUT2D eigenvalue weighted by Crippen LogP contribution is 2.29. The molecule has 5 N–H and O–H groups in total. The maximum Gasteiger partial charge on any atom is 0.342 e. The van der Waals surface area contributed by atoms with Crippen molar-refractivity contribution in [2.75, 3.05) is 12.4 Å². The number of phenols is 1. The summed E-state index contributed by atoms with van der Waals surface area (Å²) in [5.41, 5.74) is 1.05. The molecular weight excluding hydrogens is 350 g/mol. The second-order valence-electron chi connectivity index (χ2n) is 6.75. The van der Waals surface area contributed by atoms with Gasteiger partial charge in [0.15, 0.2) is 0 Å². The third kappa shape index (κ3) is 5.09. The molecule has 0 saturated heterocycles. The minimum atomic E-state index is -1.35.